The minimum absolute atomic E-state index is 0.231. The number of halogens is 1. The lowest BCUT2D eigenvalue weighted by molar-refractivity contribution is 0.0659. The van der Waals surface area contributed by atoms with Crippen LogP contribution in [0.1, 0.15) is 35.8 Å². The molecule has 1 saturated heterocycles. The molecule has 0 spiro atoms. The van der Waals surface area contributed by atoms with Crippen molar-refractivity contribution in [2.75, 3.05) is 20.2 Å². The van der Waals surface area contributed by atoms with E-state index in [1.54, 1.807) is 30.0 Å². The molecule has 2 aromatic heterocycles. The average Bonchev–Trinajstić information content (AvgIpc) is 3.29. The highest BCUT2D eigenvalue weighted by atomic mass is 19.1. The van der Waals surface area contributed by atoms with Gasteiger partial charge >= 0.3 is 0 Å². The van der Waals surface area contributed by atoms with Crippen molar-refractivity contribution >= 4 is 10.9 Å². The highest BCUT2D eigenvalue weighted by Crippen LogP contribution is 2.30. The molecule has 176 valence electrons. The van der Waals surface area contributed by atoms with Gasteiger partial charge in [-0.2, -0.15) is 0 Å². The zero-order valence-electron chi connectivity index (χ0n) is 18.7. The van der Waals surface area contributed by atoms with E-state index in [2.05, 4.69) is 25.4 Å². The highest BCUT2D eigenvalue weighted by Gasteiger charge is 2.32. The number of pyridine rings is 1. The molecule has 1 aliphatic rings. The van der Waals surface area contributed by atoms with Gasteiger partial charge in [0.1, 0.15) is 17.6 Å². The number of aliphatic hydroxyl groups is 1. The van der Waals surface area contributed by atoms with Crippen molar-refractivity contribution in [1.82, 2.24) is 30.1 Å². The van der Waals surface area contributed by atoms with Crippen molar-refractivity contribution in [2.24, 2.45) is 0 Å². The second-order valence-electron chi connectivity index (χ2n) is 8.50. The van der Waals surface area contributed by atoms with Crippen LogP contribution in [0.15, 0.2) is 53.3 Å². The van der Waals surface area contributed by atoms with Crippen molar-refractivity contribution in [3.63, 3.8) is 0 Å². The quantitative estimate of drug-likeness (QED) is 0.451. The van der Waals surface area contributed by atoms with Gasteiger partial charge in [-0.15, -0.1) is 5.10 Å². The monoisotopic (exact) mass is 464 g/mol. The summed E-state index contributed by atoms with van der Waals surface area (Å²) in [7, 11) is 1.60. The summed E-state index contributed by atoms with van der Waals surface area (Å²) in [5.41, 5.74) is 1.81. The van der Waals surface area contributed by atoms with E-state index in [4.69, 9.17) is 4.74 Å². The number of methoxy groups -OCH3 is 1. The van der Waals surface area contributed by atoms with Crippen LogP contribution in [0, 0.1) is 5.82 Å². The van der Waals surface area contributed by atoms with Crippen LogP contribution in [0.3, 0.4) is 0 Å². The predicted octanol–water partition coefficient (Wildman–Crippen LogP) is 2.26. The lowest BCUT2D eigenvalue weighted by Crippen LogP contribution is -2.41. The van der Waals surface area contributed by atoms with Crippen LogP contribution >= 0.6 is 0 Å². The summed E-state index contributed by atoms with van der Waals surface area (Å²) >= 11 is 0. The van der Waals surface area contributed by atoms with Gasteiger partial charge in [-0.25, -0.2) is 9.07 Å². The maximum atomic E-state index is 13.4. The van der Waals surface area contributed by atoms with Crippen molar-refractivity contribution in [1.29, 1.82) is 0 Å². The van der Waals surface area contributed by atoms with Crippen LogP contribution in [0.25, 0.3) is 10.9 Å². The third-order valence-electron chi connectivity index (χ3n) is 6.29. The fraction of sp³-hybridized carbons (Fsp3) is 0.333. The SMILES string of the molecule is COc1ccc2[nH]c(=O)c([C@H](c3nnnn3Cc3ccc(F)cc3)N3CCC(O)CC3)cc2c1. The van der Waals surface area contributed by atoms with Gasteiger partial charge in [-0.05, 0) is 65.2 Å². The van der Waals surface area contributed by atoms with E-state index in [9.17, 15) is 14.3 Å². The summed E-state index contributed by atoms with van der Waals surface area (Å²) in [5.74, 6) is 0.876. The average molecular weight is 465 g/mol. The number of tetrazole rings is 1. The maximum absolute atomic E-state index is 13.4. The molecule has 0 saturated carbocycles. The summed E-state index contributed by atoms with van der Waals surface area (Å²) in [6.45, 7) is 1.50. The number of nitrogens with one attached hydrogen (secondary N) is 1. The molecule has 1 fully saturated rings. The molecule has 2 N–H and O–H groups in total. The number of aromatic amines is 1. The first kappa shape index (κ1) is 22.2. The Labute approximate surface area is 194 Å². The number of likely N-dealkylation sites (tertiary alicyclic amines) is 1. The molecule has 0 aliphatic carbocycles. The summed E-state index contributed by atoms with van der Waals surface area (Å²) in [6, 6.07) is 13.0. The molecule has 1 aliphatic heterocycles. The molecule has 0 radical (unpaired) electrons. The van der Waals surface area contributed by atoms with Gasteiger partial charge in [-0.3, -0.25) is 9.69 Å². The first-order chi connectivity index (χ1) is 16.5. The fourth-order valence-electron chi connectivity index (χ4n) is 4.46. The van der Waals surface area contributed by atoms with E-state index in [0.717, 1.165) is 10.9 Å². The Morgan fingerprint density at radius 2 is 1.94 bits per heavy atom. The minimum atomic E-state index is -0.526. The van der Waals surface area contributed by atoms with Gasteiger partial charge in [0.25, 0.3) is 5.56 Å². The van der Waals surface area contributed by atoms with Crippen LogP contribution in [-0.4, -0.2) is 61.5 Å². The molecule has 9 nitrogen and oxygen atoms in total. The van der Waals surface area contributed by atoms with Gasteiger partial charge in [-0.1, -0.05) is 12.1 Å². The first-order valence-corrected chi connectivity index (χ1v) is 11.2. The molecule has 0 amide bonds. The molecule has 5 rings (SSSR count). The van der Waals surface area contributed by atoms with Gasteiger partial charge < -0.3 is 14.8 Å². The molecule has 0 unspecified atom stereocenters. The number of aromatic nitrogens is 5. The first-order valence-electron chi connectivity index (χ1n) is 11.2. The second kappa shape index (κ2) is 9.32. The van der Waals surface area contributed by atoms with E-state index in [1.165, 1.54) is 12.1 Å². The molecule has 34 heavy (non-hydrogen) atoms. The molecule has 2 aromatic carbocycles. The third kappa shape index (κ3) is 4.42. The number of fused-ring (bicyclic) bond motifs is 1. The Kier molecular flexibility index (Phi) is 6.08. The lowest BCUT2D eigenvalue weighted by atomic mass is 9.99. The Balaban J connectivity index is 1.60. The smallest absolute Gasteiger partial charge is 0.253 e. The number of piperidine rings is 1. The number of H-pyrrole nitrogens is 1. The Bertz CT molecular complexity index is 1350. The van der Waals surface area contributed by atoms with Crippen molar-refractivity contribution in [3.05, 3.63) is 81.7 Å². The molecular weight excluding hydrogens is 439 g/mol. The number of hydrogen-bond acceptors (Lipinski definition) is 7. The molecule has 0 bridgehead atoms. The van der Waals surface area contributed by atoms with E-state index in [0.29, 0.717) is 55.1 Å². The largest absolute Gasteiger partial charge is 0.497 e. The molecular formula is C24H25FN6O3. The predicted molar refractivity (Wildman–Crippen MR) is 123 cm³/mol. The van der Waals surface area contributed by atoms with Crippen molar-refractivity contribution < 1.29 is 14.2 Å². The second-order valence-corrected chi connectivity index (χ2v) is 8.50. The minimum Gasteiger partial charge on any atom is -0.497 e. The molecule has 4 aromatic rings. The van der Waals surface area contributed by atoms with E-state index in [1.807, 2.05) is 18.2 Å². The van der Waals surface area contributed by atoms with E-state index >= 15 is 0 Å². The number of benzene rings is 2. The number of nitrogens with zero attached hydrogens (tertiary/aromatic N) is 5. The zero-order valence-corrected chi connectivity index (χ0v) is 18.7. The highest BCUT2D eigenvalue weighted by molar-refractivity contribution is 5.80. The van der Waals surface area contributed by atoms with Gasteiger partial charge in [0.15, 0.2) is 5.82 Å². The normalized spacial score (nSPS) is 16.1. The Morgan fingerprint density at radius 3 is 2.68 bits per heavy atom. The fourth-order valence-corrected chi connectivity index (χ4v) is 4.46. The van der Waals surface area contributed by atoms with Crippen LogP contribution in [0.2, 0.25) is 0 Å². The van der Waals surface area contributed by atoms with Crippen LogP contribution in [0.4, 0.5) is 4.39 Å². The number of ether oxygens (including phenoxy) is 1. The van der Waals surface area contributed by atoms with Crippen LogP contribution < -0.4 is 10.3 Å². The molecule has 1 atom stereocenters. The van der Waals surface area contributed by atoms with Gasteiger partial charge in [0, 0.05) is 29.6 Å². The number of hydrogen-bond donors (Lipinski definition) is 2. The van der Waals surface area contributed by atoms with E-state index in [-0.39, 0.29) is 17.5 Å². The topological polar surface area (TPSA) is 109 Å². The number of aliphatic hydroxyl groups excluding tert-OH is 1. The number of rotatable bonds is 6. The van der Waals surface area contributed by atoms with Crippen molar-refractivity contribution in [3.8, 4) is 5.75 Å². The standard InChI is InChI=1S/C24H25FN6O3/c1-34-19-6-7-21-16(12-19)13-20(24(33)26-21)22(30-10-8-18(32)9-11-30)23-27-28-29-31(23)14-15-2-4-17(25)5-3-15/h2-7,12-13,18,22,32H,8-11,14H2,1H3,(H,26,33)/t22-/m1/s1. The summed E-state index contributed by atoms with van der Waals surface area (Å²) < 4.78 is 20.4. The molecule has 10 heteroatoms. The van der Waals surface area contributed by atoms with Crippen LogP contribution in [-0.2, 0) is 6.54 Å². The van der Waals surface area contributed by atoms with Gasteiger partial charge in [0.2, 0.25) is 0 Å². The lowest BCUT2D eigenvalue weighted by Gasteiger charge is -2.35. The Morgan fingerprint density at radius 1 is 1.18 bits per heavy atom. The van der Waals surface area contributed by atoms with Crippen LogP contribution in [0.5, 0.6) is 5.75 Å². The zero-order chi connectivity index (χ0) is 23.7. The Hall–Kier alpha value is -3.63. The summed E-state index contributed by atoms with van der Waals surface area (Å²) in [6.07, 6.45) is 0.816. The van der Waals surface area contributed by atoms with Crippen molar-refractivity contribution in [2.45, 2.75) is 31.5 Å². The third-order valence-corrected chi connectivity index (χ3v) is 6.29. The maximum Gasteiger partial charge on any atom is 0.253 e. The molecule has 3 heterocycles. The summed E-state index contributed by atoms with van der Waals surface area (Å²) in [4.78, 5) is 18.3. The summed E-state index contributed by atoms with van der Waals surface area (Å²) in [5, 5.41) is 23.2. The van der Waals surface area contributed by atoms with Gasteiger partial charge in [0.05, 0.1) is 19.8 Å². The van der Waals surface area contributed by atoms with E-state index < -0.39 is 6.04 Å².